The maximum Gasteiger partial charge on any atom is 0.324 e. The molecule has 0 spiro atoms. The first kappa shape index (κ1) is 19.8. The molecule has 0 amide bonds. The van der Waals surface area contributed by atoms with Crippen LogP contribution in [0.5, 0.6) is 23.0 Å². The molecule has 0 bridgehead atoms. The van der Waals surface area contributed by atoms with Crippen molar-refractivity contribution in [1.82, 2.24) is 4.57 Å². The van der Waals surface area contributed by atoms with Gasteiger partial charge in [0, 0.05) is 18.7 Å². The number of pyridine rings is 1. The van der Waals surface area contributed by atoms with Gasteiger partial charge in [0.25, 0.3) is 0 Å². The van der Waals surface area contributed by atoms with E-state index < -0.39 is 10.4 Å². The third-order valence-corrected chi connectivity index (χ3v) is 3.90. The zero-order chi connectivity index (χ0) is 20.1. The summed E-state index contributed by atoms with van der Waals surface area (Å²) in [5.74, 6) is 0.311. The summed E-state index contributed by atoms with van der Waals surface area (Å²) in [4.78, 5) is 23.5. The average molecular weight is 376 g/mol. The van der Waals surface area contributed by atoms with Gasteiger partial charge in [0.15, 0.2) is 11.5 Å². The molecule has 2 rings (SSSR count). The highest BCUT2D eigenvalue weighted by molar-refractivity contribution is 5.81. The van der Waals surface area contributed by atoms with Crippen molar-refractivity contribution in [3.63, 3.8) is 0 Å². The number of methoxy groups -OCH3 is 4. The summed E-state index contributed by atoms with van der Waals surface area (Å²) in [6, 6.07) is 2.69. The zero-order valence-electron chi connectivity index (χ0n) is 15.5. The number of hydrogen-bond donors (Lipinski definition) is 0. The van der Waals surface area contributed by atoms with Crippen molar-refractivity contribution in [1.29, 1.82) is 0 Å². The predicted octanol–water partition coefficient (Wildman–Crippen LogP) is 2.64. The molecule has 0 aliphatic heterocycles. The van der Waals surface area contributed by atoms with Gasteiger partial charge in [-0.05, 0) is 0 Å². The lowest BCUT2D eigenvalue weighted by atomic mass is 10.1. The lowest BCUT2D eigenvalue weighted by Gasteiger charge is -2.18. The van der Waals surface area contributed by atoms with Crippen LogP contribution in [0.15, 0.2) is 35.8 Å². The molecule has 0 atom stereocenters. The Morgan fingerprint density at radius 3 is 2.19 bits per heavy atom. The van der Waals surface area contributed by atoms with Crippen LogP contribution >= 0.6 is 0 Å². The van der Waals surface area contributed by atoms with Crippen molar-refractivity contribution >= 4 is 5.69 Å². The van der Waals surface area contributed by atoms with E-state index in [1.165, 1.54) is 46.8 Å². The molecule has 0 radical (unpaired) electrons. The van der Waals surface area contributed by atoms with E-state index in [0.717, 1.165) is 0 Å². The second-order valence-electron chi connectivity index (χ2n) is 5.33. The Labute approximate surface area is 155 Å². The van der Waals surface area contributed by atoms with Gasteiger partial charge >= 0.3 is 5.69 Å². The Bertz CT molecular complexity index is 934. The summed E-state index contributed by atoms with van der Waals surface area (Å²) >= 11 is 0. The minimum atomic E-state index is -0.594. The van der Waals surface area contributed by atoms with Crippen molar-refractivity contribution in [3.8, 4) is 34.3 Å². The summed E-state index contributed by atoms with van der Waals surface area (Å²) in [7, 11) is 5.41. The molecule has 9 heteroatoms. The topological polar surface area (TPSA) is 102 Å². The minimum absolute atomic E-state index is 0.0848. The normalized spacial score (nSPS) is 10.2. The van der Waals surface area contributed by atoms with Gasteiger partial charge in [-0.2, -0.15) is 0 Å². The molecule has 0 aliphatic rings. The predicted molar refractivity (Wildman–Crippen MR) is 99.2 cm³/mol. The highest BCUT2D eigenvalue weighted by Crippen LogP contribution is 2.49. The van der Waals surface area contributed by atoms with E-state index in [2.05, 4.69) is 6.58 Å². The van der Waals surface area contributed by atoms with E-state index in [1.54, 1.807) is 10.6 Å². The number of nitro groups is 1. The lowest BCUT2D eigenvalue weighted by molar-refractivity contribution is -0.385. The average Bonchev–Trinajstić information content (AvgIpc) is 2.66. The van der Waals surface area contributed by atoms with E-state index in [0.29, 0.717) is 6.54 Å². The van der Waals surface area contributed by atoms with E-state index in [-0.39, 0.29) is 39.9 Å². The molecule has 0 unspecified atom stereocenters. The Balaban J connectivity index is 2.97. The highest BCUT2D eigenvalue weighted by Gasteiger charge is 2.31. The lowest BCUT2D eigenvalue weighted by Crippen LogP contribution is -2.13. The van der Waals surface area contributed by atoms with Crippen LogP contribution in [-0.4, -0.2) is 37.9 Å². The van der Waals surface area contributed by atoms with E-state index in [9.17, 15) is 14.9 Å². The summed E-state index contributed by atoms with van der Waals surface area (Å²) in [6.45, 7) is 3.97. The Morgan fingerprint density at radius 1 is 1.07 bits per heavy atom. The number of benzene rings is 1. The van der Waals surface area contributed by atoms with Crippen molar-refractivity contribution < 1.29 is 23.9 Å². The zero-order valence-corrected chi connectivity index (χ0v) is 15.5. The van der Waals surface area contributed by atoms with Gasteiger partial charge in [-0.3, -0.25) is 14.9 Å². The van der Waals surface area contributed by atoms with E-state index in [4.69, 9.17) is 18.9 Å². The van der Waals surface area contributed by atoms with Gasteiger partial charge in [0.2, 0.25) is 16.9 Å². The maximum absolute atomic E-state index is 12.3. The summed E-state index contributed by atoms with van der Waals surface area (Å²) in [5, 5.41) is 11.8. The number of aromatic nitrogens is 1. The van der Waals surface area contributed by atoms with Gasteiger partial charge in [-0.25, -0.2) is 0 Å². The molecule has 9 nitrogen and oxygen atoms in total. The van der Waals surface area contributed by atoms with E-state index in [1.807, 2.05) is 0 Å². The number of rotatable bonds is 8. The monoisotopic (exact) mass is 376 g/mol. The molecular formula is C18H20N2O7. The summed E-state index contributed by atoms with van der Waals surface area (Å²) in [5.41, 5.74) is -0.351. The van der Waals surface area contributed by atoms with Crippen LogP contribution in [0, 0.1) is 10.1 Å². The third-order valence-electron chi connectivity index (χ3n) is 3.90. The van der Waals surface area contributed by atoms with Crippen molar-refractivity contribution in [3.05, 3.63) is 51.3 Å². The largest absolute Gasteiger partial charge is 0.493 e. The standard InChI is InChI=1S/C18H20N2O7/c1-6-7-19-10-15(25-3)13(21)9-12(19)11-8-14(24-2)17(26-4)18(27-5)16(11)20(22)23/h6,8-10H,1,7H2,2-5H3. The van der Waals surface area contributed by atoms with Gasteiger partial charge in [0.1, 0.15) is 0 Å². The van der Waals surface area contributed by atoms with Crippen LogP contribution in [0.3, 0.4) is 0 Å². The smallest absolute Gasteiger partial charge is 0.324 e. The SMILES string of the molecule is C=CCn1cc(OC)c(=O)cc1-c1cc(OC)c(OC)c(OC)c1[N+](=O)[O-]. The van der Waals surface area contributed by atoms with Crippen molar-refractivity contribution in [2.24, 2.45) is 0 Å². The molecular weight excluding hydrogens is 356 g/mol. The molecule has 0 saturated heterocycles. The summed E-state index contributed by atoms with van der Waals surface area (Å²) in [6.07, 6.45) is 3.06. The molecule has 0 fully saturated rings. The van der Waals surface area contributed by atoms with Crippen LogP contribution < -0.4 is 24.4 Å². The van der Waals surface area contributed by atoms with Gasteiger partial charge in [-0.1, -0.05) is 6.08 Å². The molecule has 1 aromatic carbocycles. The molecule has 2 aromatic rings. The van der Waals surface area contributed by atoms with Crippen molar-refractivity contribution in [2.45, 2.75) is 6.54 Å². The Morgan fingerprint density at radius 2 is 1.70 bits per heavy atom. The fraction of sp³-hybridized carbons (Fsp3) is 0.278. The Kier molecular flexibility index (Phi) is 6.07. The molecule has 0 N–H and O–H groups in total. The number of nitrogens with zero attached hydrogens (tertiary/aromatic N) is 2. The fourth-order valence-electron chi connectivity index (χ4n) is 2.75. The first-order valence-electron chi connectivity index (χ1n) is 7.80. The highest BCUT2D eigenvalue weighted by atomic mass is 16.6. The van der Waals surface area contributed by atoms with E-state index >= 15 is 0 Å². The summed E-state index contributed by atoms with van der Waals surface area (Å²) < 4.78 is 22.4. The molecule has 1 heterocycles. The molecule has 1 aromatic heterocycles. The van der Waals surface area contributed by atoms with Crippen LogP contribution in [0.1, 0.15) is 0 Å². The number of allylic oxidation sites excluding steroid dienone is 1. The van der Waals surface area contributed by atoms with Crippen LogP contribution in [0.2, 0.25) is 0 Å². The molecule has 144 valence electrons. The number of hydrogen-bond acceptors (Lipinski definition) is 7. The molecule has 27 heavy (non-hydrogen) atoms. The van der Waals surface area contributed by atoms with Gasteiger partial charge < -0.3 is 23.5 Å². The van der Waals surface area contributed by atoms with Gasteiger partial charge in [0.05, 0.1) is 50.8 Å². The van der Waals surface area contributed by atoms with Crippen LogP contribution in [0.4, 0.5) is 5.69 Å². The van der Waals surface area contributed by atoms with Crippen LogP contribution in [0.25, 0.3) is 11.3 Å². The second-order valence-corrected chi connectivity index (χ2v) is 5.33. The van der Waals surface area contributed by atoms with Crippen LogP contribution in [-0.2, 0) is 6.54 Å². The maximum atomic E-state index is 12.3. The number of nitro benzene ring substituents is 1. The number of ether oxygens (including phenoxy) is 4. The van der Waals surface area contributed by atoms with Crippen molar-refractivity contribution in [2.75, 3.05) is 28.4 Å². The first-order valence-corrected chi connectivity index (χ1v) is 7.80. The fourth-order valence-corrected chi connectivity index (χ4v) is 2.75. The quantitative estimate of drug-likeness (QED) is 0.396. The second kappa shape index (κ2) is 8.26. The minimum Gasteiger partial charge on any atom is -0.493 e. The molecule has 0 saturated carbocycles. The first-order chi connectivity index (χ1) is 12.9. The third kappa shape index (κ3) is 3.57. The molecule has 0 aliphatic carbocycles. The Hall–Kier alpha value is -3.49. The van der Waals surface area contributed by atoms with Gasteiger partial charge in [-0.15, -0.1) is 6.58 Å².